The van der Waals surface area contributed by atoms with E-state index >= 15 is 0 Å². The molecule has 19 heavy (non-hydrogen) atoms. The second-order valence-corrected chi connectivity index (χ2v) is 5.58. The second-order valence-electron chi connectivity index (χ2n) is 5.17. The van der Waals surface area contributed by atoms with E-state index in [9.17, 15) is 0 Å². The molecule has 0 aliphatic heterocycles. The standard InChI is InChI=1S/C16H21ClN2/c1-5-6-7-13-8-11(2)16(15(17)9-13)14-10-19(4)18-12(14)3/h8-10H,5-7H2,1-4H3. The summed E-state index contributed by atoms with van der Waals surface area (Å²) in [4.78, 5) is 0. The third-order valence-electron chi connectivity index (χ3n) is 3.45. The minimum absolute atomic E-state index is 0.835. The van der Waals surface area contributed by atoms with Crippen molar-refractivity contribution in [2.45, 2.75) is 40.0 Å². The summed E-state index contributed by atoms with van der Waals surface area (Å²) in [6.45, 7) is 6.36. The Morgan fingerprint density at radius 2 is 2.00 bits per heavy atom. The minimum Gasteiger partial charge on any atom is -0.275 e. The van der Waals surface area contributed by atoms with Gasteiger partial charge in [0.05, 0.1) is 5.69 Å². The highest BCUT2D eigenvalue weighted by atomic mass is 35.5. The summed E-state index contributed by atoms with van der Waals surface area (Å²) in [6.07, 6.45) is 5.56. The van der Waals surface area contributed by atoms with Gasteiger partial charge in [0, 0.05) is 29.4 Å². The molecule has 1 heterocycles. The first kappa shape index (κ1) is 14.1. The van der Waals surface area contributed by atoms with E-state index in [1.807, 2.05) is 24.9 Å². The van der Waals surface area contributed by atoms with Crippen molar-refractivity contribution in [2.75, 3.05) is 0 Å². The van der Waals surface area contributed by atoms with Crippen molar-refractivity contribution in [1.82, 2.24) is 9.78 Å². The normalized spacial score (nSPS) is 11.0. The van der Waals surface area contributed by atoms with Gasteiger partial charge < -0.3 is 0 Å². The first-order valence-corrected chi connectivity index (χ1v) is 7.20. The highest BCUT2D eigenvalue weighted by Crippen LogP contribution is 2.34. The third kappa shape index (κ3) is 3.01. The van der Waals surface area contributed by atoms with Gasteiger partial charge in [0.1, 0.15) is 0 Å². The van der Waals surface area contributed by atoms with Gasteiger partial charge in [-0.25, -0.2) is 0 Å². The van der Waals surface area contributed by atoms with Gasteiger partial charge in [0.15, 0.2) is 0 Å². The van der Waals surface area contributed by atoms with Gasteiger partial charge in [0.25, 0.3) is 0 Å². The predicted octanol–water partition coefficient (Wildman–Crippen LogP) is 4.70. The summed E-state index contributed by atoms with van der Waals surface area (Å²) >= 11 is 6.49. The molecule has 0 saturated heterocycles. The van der Waals surface area contributed by atoms with Crippen LogP contribution in [0.25, 0.3) is 11.1 Å². The van der Waals surface area contributed by atoms with E-state index in [0.29, 0.717) is 0 Å². The number of hydrogen-bond donors (Lipinski definition) is 0. The molecule has 0 bridgehead atoms. The number of hydrogen-bond acceptors (Lipinski definition) is 1. The summed E-state index contributed by atoms with van der Waals surface area (Å²) in [5.74, 6) is 0. The van der Waals surface area contributed by atoms with E-state index in [0.717, 1.165) is 28.3 Å². The van der Waals surface area contributed by atoms with Crippen molar-refractivity contribution in [3.8, 4) is 11.1 Å². The van der Waals surface area contributed by atoms with Crippen molar-refractivity contribution in [2.24, 2.45) is 7.05 Å². The van der Waals surface area contributed by atoms with Gasteiger partial charge >= 0.3 is 0 Å². The maximum Gasteiger partial charge on any atom is 0.0672 e. The van der Waals surface area contributed by atoms with Crippen LogP contribution >= 0.6 is 11.6 Å². The highest BCUT2D eigenvalue weighted by molar-refractivity contribution is 6.33. The molecule has 3 heteroatoms. The van der Waals surface area contributed by atoms with E-state index in [1.54, 1.807) is 0 Å². The van der Waals surface area contributed by atoms with Gasteiger partial charge in [-0.05, 0) is 43.9 Å². The van der Waals surface area contributed by atoms with Crippen molar-refractivity contribution in [3.63, 3.8) is 0 Å². The van der Waals surface area contributed by atoms with E-state index in [2.05, 4.69) is 31.1 Å². The Kier molecular flexibility index (Phi) is 4.31. The molecule has 102 valence electrons. The van der Waals surface area contributed by atoms with Crippen LogP contribution in [0.4, 0.5) is 0 Å². The molecule has 0 aliphatic rings. The van der Waals surface area contributed by atoms with E-state index in [4.69, 9.17) is 11.6 Å². The topological polar surface area (TPSA) is 17.8 Å². The minimum atomic E-state index is 0.835. The highest BCUT2D eigenvalue weighted by Gasteiger charge is 2.13. The lowest BCUT2D eigenvalue weighted by Gasteiger charge is -2.10. The first-order valence-electron chi connectivity index (χ1n) is 6.82. The Morgan fingerprint density at radius 3 is 2.53 bits per heavy atom. The van der Waals surface area contributed by atoms with Crippen LogP contribution < -0.4 is 0 Å². The molecule has 0 amide bonds. The van der Waals surface area contributed by atoms with Crippen LogP contribution in [-0.4, -0.2) is 9.78 Å². The number of nitrogens with zero attached hydrogens (tertiary/aromatic N) is 2. The number of rotatable bonds is 4. The van der Waals surface area contributed by atoms with Crippen LogP contribution in [0.3, 0.4) is 0 Å². The zero-order valence-electron chi connectivity index (χ0n) is 12.1. The molecule has 0 radical (unpaired) electrons. The molecule has 0 unspecified atom stereocenters. The summed E-state index contributed by atoms with van der Waals surface area (Å²) in [5.41, 5.74) is 5.83. The molecule has 0 aliphatic carbocycles. The predicted molar refractivity (Wildman–Crippen MR) is 81.7 cm³/mol. The average Bonchev–Trinajstić information content (AvgIpc) is 2.65. The molecule has 1 aromatic carbocycles. The lowest BCUT2D eigenvalue weighted by atomic mass is 9.97. The average molecular weight is 277 g/mol. The summed E-state index contributed by atoms with van der Waals surface area (Å²) < 4.78 is 1.84. The summed E-state index contributed by atoms with van der Waals surface area (Å²) in [6, 6.07) is 4.36. The largest absolute Gasteiger partial charge is 0.275 e. The quantitative estimate of drug-likeness (QED) is 0.791. The van der Waals surface area contributed by atoms with Crippen LogP contribution in [0.15, 0.2) is 18.3 Å². The molecule has 2 nitrogen and oxygen atoms in total. The fourth-order valence-corrected chi connectivity index (χ4v) is 2.92. The molecule has 0 N–H and O–H groups in total. The van der Waals surface area contributed by atoms with E-state index in [1.165, 1.54) is 24.0 Å². The van der Waals surface area contributed by atoms with E-state index < -0.39 is 0 Å². The molecular formula is C16H21ClN2. The van der Waals surface area contributed by atoms with E-state index in [-0.39, 0.29) is 0 Å². The molecule has 0 fully saturated rings. The summed E-state index contributed by atoms with van der Waals surface area (Å²) in [5, 5.41) is 5.24. The Labute approximate surface area is 120 Å². The van der Waals surface area contributed by atoms with Crippen LogP contribution in [0.1, 0.15) is 36.6 Å². The van der Waals surface area contributed by atoms with Crippen molar-refractivity contribution < 1.29 is 0 Å². The molecule has 2 rings (SSSR count). The molecule has 0 saturated carbocycles. The molecule has 0 spiro atoms. The first-order chi connectivity index (χ1) is 9.02. The number of halogens is 1. The van der Waals surface area contributed by atoms with Crippen LogP contribution in [0.2, 0.25) is 5.02 Å². The maximum absolute atomic E-state index is 6.49. The van der Waals surface area contributed by atoms with Crippen LogP contribution in [-0.2, 0) is 13.5 Å². The lowest BCUT2D eigenvalue weighted by Crippen LogP contribution is -1.91. The fourth-order valence-electron chi connectivity index (χ4n) is 2.53. The number of aromatic nitrogens is 2. The van der Waals surface area contributed by atoms with Gasteiger partial charge in [0.2, 0.25) is 0 Å². The Balaban J connectivity index is 2.44. The van der Waals surface area contributed by atoms with Gasteiger partial charge in [-0.2, -0.15) is 5.10 Å². The monoisotopic (exact) mass is 276 g/mol. The third-order valence-corrected chi connectivity index (χ3v) is 3.75. The number of unbranched alkanes of at least 4 members (excludes halogenated alkanes) is 1. The number of benzene rings is 1. The molecule has 1 aromatic heterocycles. The fraction of sp³-hybridized carbons (Fsp3) is 0.438. The Bertz CT molecular complexity index is 561. The van der Waals surface area contributed by atoms with Gasteiger partial charge in [-0.3, -0.25) is 4.68 Å². The van der Waals surface area contributed by atoms with Crippen molar-refractivity contribution >= 4 is 11.6 Å². The van der Waals surface area contributed by atoms with Crippen molar-refractivity contribution in [1.29, 1.82) is 0 Å². The smallest absolute Gasteiger partial charge is 0.0672 e. The SMILES string of the molecule is CCCCc1cc(C)c(-c2cn(C)nc2C)c(Cl)c1. The molecule has 2 aromatic rings. The second kappa shape index (κ2) is 5.79. The number of aryl methyl sites for hydroxylation is 4. The maximum atomic E-state index is 6.49. The summed E-state index contributed by atoms with van der Waals surface area (Å²) in [7, 11) is 1.94. The Hall–Kier alpha value is -1.28. The van der Waals surface area contributed by atoms with Crippen LogP contribution in [0.5, 0.6) is 0 Å². The van der Waals surface area contributed by atoms with Crippen LogP contribution in [0, 0.1) is 13.8 Å². The Morgan fingerprint density at radius 1 is 1.26 bits per heavy atom. The zero-order valence-corrected chi connectivity index (χ0v) is 12.9. The lowest BCUT2D eigenvalue weighted by molar-refractivity contribution is 0.756. The van der Waals surface area contributed by atoms with Gasteiger partial charge in [-0.1, -0.05) is 31.0 Å². The molecular weight excluding hydrogens is 256 g/mol. The van der Waals surface area contributed by atoms with Crippen molar-refractivity contribution in [3.05, 3.63) is 40.2 Å². The molecule has 0 atom stereocenters. The zero-order chi connectivity index (χ0) is 14.0. The van der Waals surface area contributed by atoms with Gasteiger partial charge in [-0.15, -0.1) is 0 Å².